The van der Waals surface area contributed by atoms with Gasteiger partial charge in [0.05, 0.1) is 26.9 Å². The van der Waals surface area contributed by atoms with Crippen LogP contribution in [-0.2, 0) is 5.60 Å². The zero-order valence-corrected chi connectivity index (χ0v) is 11.3. The number of rotatable bonds is 5. The largest absolute Gasteiger partial charge is 0.493 e. The SMILES string of the molecule is CCC1CC1(O)c1cc(OC)c(OC)c(OC)c1. The molecule has 1 aliphatic carbocycles. The number of ether oxygens (including phenoxy) is 3. The molecule has 2 atom stereocenters. The Kier molecular flexibility index (Phi) is 3.39. The standard InChI is InChI=1S/C14H20O4/c1-5-9-8-14(9,15)10-6-11(16-2)13(18-4)12(7-10)17-3/h6-7,9,15H,5,8H2,1-4H3. The third-order valence-corrected chi connectivity index (χ3v) is 3.73. The Morgan fingerprint density at radius 2 is 1.72 bits per heavy atom. The lowest BCUT2D eigenvalue weighted by Gasteiger charge is -2.17. The molecule has 0 aromatic heterocycles. The molecule has 0 amide bonds. The summed E-state index contributed by atoms with van der Waals surface area (Å²) in [7, 11) is 4.73. The van der Waals surface area contributed by atoms with E-state index in [1.54, 1.807) is 21.3 Å². The second kappa shape index (κ2) is 4.69. The molecule has 0 saturated heterocycles. The van der Waals surface area contributed by atoms with Gasteiger partial charge < -0.3 is 19.3 Å². The molecule has 1 fully saturated rings. The highest BCUT2D eigenvalue weighted by Crippen LogP contribution is 2.56. The molecule has 4 nitrogen and oxygen atoms in total. The van der Waals surface area contributed by atoms with Gasteiger partial charge in [-0.05, 0) is 30.0 Å². The summed E-state index contributed by atoms with van der Waals surface area (Å²) in [5.74, 6) is 2.05. The van der Waals surface area contributed by atoms with Crippen LogP contribution in [0.5, 0.6) is 17.2 Å². The highest BCUT2D eigenvalue weighted by atomic mass is 16.5. The van der Waals surface area contributed by atoms with Crippen molar-refractivity contribution >= 4 is 0 Å². The van der Waals surface area contributed by atoms with E-state index in [0.717, 1.165) is 18.4 Å². The minimum Gasteiger partial charge on any atom is -0.493 e. The Bertz CT molecular complexity index is 418. The Morgan fingerprint density at radius 1 is 1.17 bits per heavy atom. The summed E-state index contributed by atoms with van der Waals surface area (Å²) in [4.78, 5) is 0. The average molecular weight is 252 g/mol. The minimum absolute atomic E-state index is 0.320. The molecule has 0 aliphatic heterocycles. The molecule has 2 unspecified atom stereocenters. The van der Waals surface area contributed by atoms with Gasteiger partial charge in [-0.15, -0.1) is 0 Å². The maximum absolute atomic E-state index is 10.5. The first-order chi connectivity index (χ1) is 8.60. The quantitative estimate of drug-likeness (QED) is 0.873. The van der Waals surface area contributed by atoms with E-state index in [2.05, 4.69) is 6.92 Å². The summed E-state index contributed by atoms with van der Waals surface area (Å²) in [5, 5.41) is 10.5. The van der Waals surface area contributed by atoms with Gasteiger partial charge in [-0.1, -0.05) is 13.3 Å². The molecule has 1 N–H and O–H groups in total. The second-order valence-corrected chi connectivity index (χ2v) is 4.65. The van der Waals surface area contributed by atoms with Crippen LogP contribution >= 0.6 is 0 Å². The van der Waals surface area contributed by atoms with Gasteiger partial charge in [-0.25, -0.2) is 0 Å². The molecule has 18 heavy (non-hydrogen) atoms. The van der Waals surface area contributed by atoms with E-state index >= 15 is 0 Å². The van der Waals surface area contributed by atoms with Crippen LogP contribution in [0.25, 0.3) is 0 Å². The maximum atomic E-state index is 10.5. The Labute approximate surface area is 107 Å². The molecule has 1 saturated carbocycles. The third kappa shape index (κ3) is 1.90. The van der Waals surface area contributed by atoms with E-state index in [1.807, 2.05) is 12.1 Å². The van der Waals surface area contributed by atoms with Crippen molar-refractivity contribution in [2.45, 2.75) is 25.4 Å². The Balaban J connectivity index is 2.45. The zero-order valence-electron chi connectivity index (χ0n) is 11.3. The van der Waals surface area contributed by atoms with E-state index in [9.17, 15) is 5.11 Å². The maximum Gasteiger partial charge on any atom is 0.203 e. The van der Waals surface area contributed by atoms with Gasteiger partial charge in [0.2, 0.25) is 5.75 Å². The van der Waals surface area contributed by atoms with Crippen molar-refractivity contribution in [2.24, 2.45) is 5.92 Å². The van der Waals surface area contributed by atoms with Crippen LogP contribution in [0, 0.1) is 5.92 Å². The molecule has 0 spiro atoms. The molecule has 0 bridgehead atoms. The fraction of sp³-hybridized carbons (Fsp3) is 0.571. The van der Waals surface area contributed by atoms with Crippen molar-refractivity contribution in [1.29, 1.82) is 0 Å². The lowest BCUT2D eigenvalue weighted by Crippen LogP contribution is -2.09. The summed E-state index contributed by atoms with van der Waals surface area (Å²) < 4.78 is 15.9. The van der Waals surface area contributed by atoms with Crippen molar-refractivity contribution < 1.29 is 19.3 Å². The van der Waals surface area contributed by atoms with E-state index in [4.69, 9.17) is 14.2 Å². The first-order valence-corrected chi connectivity index (χ1v) is 6.13. The van der Waals surface area contributed by atoms with Crippen LogP contribution in [0.1, 0.15) is 25.3 Å². The van der Waals surface area contributed by atoms with Crippen LogP contribution in [0.15, 0.2) is 12.1 Å². The molecule has 100 valence electrons. The van der Waals surface area contributed by atoms with Crippen LogP contribution in [0.3, 0.4) is 0 Å². The Hall–Kier alpha value is -1.42. The van der Waals surface area contributed by atoms with E-state index in [1.165, 1.54) is 0 Å². The molecular weight excluding hydrogens is 232 g/mol. The van der Waals surface area contributed by atoms with E-state index in [-0.39, 0.29) is 0 Å². The van der Waals surface area contributed by atoms with E-state index < -0.39 is 5.60 Å². The number of benzene rings is 1. The van der Waals surface area contributed by atoms with Crippen LogP contribution in [0.2, 0.25) is 0 Å². The van der Waals surface area contributed by atoms with Gasteiger partial charge in [0.1, 0.15) is 0 Å². The third-order valence-electron chi connectivity index (χ3n) is 3.73. The average Bonchev–Trinajstić information content (AvgIpc) is 3.09. The van der Waals surface area contributed by atoms with Gasteiger partial charge in [0.15, 0.2) is 11.5 Å². The summed E-state index contributed by atoms with van der Waals surface area (Å²) in [6.07, 6.45) is 1.76. The van der Waals surface area contributed by atoms with Gasteiger partial charge in [0.25, 0.3) is 0 Å². The lowest BCUT2D eigenvalue weighted by atomic mass is 10.0. The van der Waals surface area contributed by atoms with Crippen molar-refractivity contribution in [3.05, 3.63) is 17.7 Å². The first-order valence-electron chi connectivity index (χ1n) is 6.13. The zero-order chi connectivity index (χ0) is 13.3. The molecule has 0 heterocycles. The number of hydrogen-bond donors (Lipinski definition) is 1. The predicted octanol–water partition coefficient (Wildman–Crippen LogP) is 2.33. The fourth-order valence-corrected chi connectivity index (χ4v) is 2.48. The highest BCUT2D eigenvalue weighted by molar-refractivity contribution is 5.55. The molecule has 1 aromatic carbocycles. The molecule has 2 rings (SSSR count). The van der Waals surface area contributed by atoms with Crippen LogP contribution < -0.4 is 14.2 Å². The first kappa shape index (κ1) is 13.0. The van der Waals surface area contributed by atoms with Gasteiger partial charge in [-0.3, -0.25) is 0 Å². The molecule has 1 aromatic rings. The van der Waals surface area contributed by atoms with Gasteiger partial charge in [0, 0.05) is 0 Å². The van der Waals surface area contributed by atoms with Gasteiger partial charge >= 0.3 is 0 Å². The van der Waals surface area contributed by atoms with Gasteiger partial charge in [-0.2, -0.15) is 0 Å². The summed E-state index contributed by atoms with van der Waals surface area (Å²) in [6.45, 7) is 2.08. The second-order valence-electron chi connectivity index (χ2n) is 4.65. The normalized spacial score (nSPS) is 25.7. The van der Waals surface area contributed by atoms with Crippen LogP contribution in [0.4, 0.5) is 0 Å². The van der Waals surface area contributed by atoms with Crippen molar-refractivity contribution in [2.75, 3.05) is 21.3 Å². The summed E-state index contributed by atoms with van der Waals surface area (Å²) in [5.41, 5.74) is 0.102. The highest BCUT2D eigenvalue weighted by Gasteiger charge is 2.53. The van der Waals surface area contributed by atoms with E-state index in [0.29, 0.717) is 23.2 Å². The summed E-state index contributed by atoms with van der Waals surface area (Å²) >= 11 is 0. The van der Waals surface area contributed by atoms with Crippen molar-refractivity contribution in [3.8, 4) is 17.2 Å². The molecule has 1 aliphatic rings. The Morgan fingerprint density at radius 3 is 2.06 bits per heavy atom. The fourth-order valence-electron chi connectivity index (χ4n) is 2.48. The molecule has 0 radical (unpaired) electrons. The minimum atomic E-state index is -0.735. The molecular formula is C14H20O4. The molecule has 4 heteroatoms. The summed E-state index contributed by atoms with van der Waals surface area (Å²) in [6, 6.07) is 3.66. The number of aliphatic hydroxyl groups is 1. The number of hydrogen-bond acceptors (Lipinski definition) is 4. The number of methoxy groups -OCH3 is 3. The smallest absolute Gasteiger partial charge is 0.203 e. The van der Waals surface area contributed by atoms with Crippen LogP contribution in [-0.4, -0.2) is 26.4 Å². The predicted molar refractivity (Wildman–Crippen MR) is 68.4 cm³/mol. The lowest BCUT2D eigenvalue weighted by molar-refractivity contribution is 0.129. The monoisotopic (exact) mass is 252 g/mol. The topological polar surface area (TPSA) is 47.9 Å². The van der Waals surface area contributed by atoms with Crippen molar-refractivity contribution in [3.63, 3.8) is 0 Å². The van der Waals surface area contributed by atoms with Crippen molar-refractivity contribution in [1.82, 2.24) is 0 Å².